The molecule has 0 spiro atoms. The summed E-state index contributed by atoms with van der Waals surface area (Å²) in [6.07, 6.45) is 3.52. The van der Waals surface area contributed by atoms with Gasteiger partial charge < -0.3 is 5.32 Å². The summed E-state index contributed by atoms with van der Waals surface area (Å²) in [5.74, 6) is 0.698. The van der Waals surface area contributed by atoms with Gasteiger partial charge in [-0.15, -0.1) is 11.3 Å². The first-order valence-electron chi connectivity index (χ1n) is 6.70. The van der Waals surface area contributed by atoms with Crippen LogP contribution in [-0.2, 0) is 6.42 Å². The fourth-order valence-corrected chi connectivity index (χ4v) is 2.88. The van der Waals surface area contributed by atoms with E-state index in [0.29, 0.717) is 12.0 Å². The van der Waals surface area contributed by atoms with Crippen molar-refractivity contribution in [2.24, 2.45) is 5.92 Å². The third-order valence-electron chi connectivity index (χ3n) is 3.20. The standard InChI is InChI=1S/C14H26N2S/c1-6-9-15-13(10(2)3)7-8-14-16-11(4)12(5)17-14/h10,13,15H,6-9H2,1-5H3. The van der Waals surface area contributed by atoms with Crippen molar-refractivity contribution in [1.82, 2.24) is 10.3 Å². The zero-order chi connectivity index (χ0) is 12.8. The summed E-state index contributed by atoms with van der Waals surface area (Å²) in [5.41, 5.74) is 1.20. The van der Waals surface area contributed by atoms with Crippen molar-refractivity contribution < 1.29 is 0 Å². The van der Waals surface area contributed by atoms with Gasteiger partial charge >= 0.3 is 0 Å². The first-order valence-corrected chi connectivity index (χ1v) is 7.52. The predicted molar refractivity (Wildman–Crippen MR) is 76.8 cm³/mol. The molecule has 0 saturated carbocycles. The molecule has 1 N–H and O–H groups in total. The summed E-state index contributed by atoms with van der Waals surface area (Å²) in [6.45, 7) is 12.2. The second kappa shape index (κ2) is 7.12. The molecule has 1 aromatic heterocycles. The quantitative estimate of drug-likeness (QED) is 0.802. The number of thiazole rings is 1. The van der Waals surface area contributed by atoms with E-state index >= 15 is 0 Å². The first-order chi connectivity index (χ1) is 8.04. The largest absolute Gasteiger partial charge is 0.314 e. The van der Waals surface area contributed by atoms with E-state index < -0.39 is 0 Å². The van der Waals surface area contributed by atoms with Crippen LogP contribution in [0.2, 0.25) is 0 Å². The van der Waals surface area contributed by atoms with Gasteiger partial charge in [-0.05, 0) is 39.2 Å². The minimum Gasteiger partial charge on any atom is -0.314 e. The summed E-state index contributed by atoms with van der Waals surface area (Å²) >= 11 is 1.85. The zero-order valence-electron chi connectivity index (χ0n) is 11.8. The van der Waals surface area contributed by atoms with Crippen molar-refractivity contribution in [3.63, 3.8) is 0 Å². The average Bonchev–Trinajstić information content (AvgIpc) is 2.58. The Bertz CT molecular complexity index is 311. The number of rotatable bonds is 7. The maximum absolute atomic E-state index is 4.61. The molecule has 0 bridgehead atoms. The van der Waals surface area contributed by atoms with Gasteiger partial charge in [0, 0.05) is 17.3 Å². The highest BCUT2D eigenvalue weighted by Gasteiger charge is 2.13. The van der Waals surface area contributed by atoms with Gasteiger partial charge in [0.05, 0.1) is 10.7 Å². The molecule has 0 aliphatic heterocycles. The highest BCUT2D eigenvalue weighted by molar-refractivity contribution is 7.11. The fourth-order valence-electron chi connectivity index (χ4n) is 1.93. The van der Waals surface area contributed by atoms with Crippen LogP contribution in [0.5, 0.6) is 0 Å². The Labute approximate surface area is 110 Å². The van der Waals surface area contributed by atoms with Crippen molar-refractivity contribution in [2.75, 3.05) is 6.54 Å². The molecule has 1 atom stereocenters. The smallest absolute Gasteiger partial charge is 0.0931 e. The summed E-state index contributed by atoms with van der Waals surface area (Å²) in [6, 6.07) is 0.625. The summed E-state index contributed by atoms with van der Waals surface area (Å²) in [4.78, 5) is 5.98. The van der Waals surface area contributed by atoms with Crippen LogP contribution in [0.15, 0.2) is 0 Å². The van der Waals surface area contributed by atoms with E-state index in [9.17, 15) is 0 Å². The van der Waals surface area contributed by atoms with Crippen molar-refractivity contribution >= 4 is 11.3 Å². The minimum atomic E-state index is 0.625. The number of nitrogens with zero attached hydrogens (tertiary/aromatic N) is 1. The maximum atomic E-state index is 4.61. The predicted octanol–water partition coefficient (Wildman–Crippen LogP) is 3.72. The van der Waals surface area contributed by atoms with E-state index in [2.05, 4.69) is 44.9 Å². The minimum absolute atomic E-state index is 0.625. The molecule has 0 radical (unpaired) electrons. The lowest BCUT2D eigenvalue weighted by molar-refractivity contribution is 0.378. The van der Waals surface area contributed by atoms with Crippen LogP contribution in [-0.4, -0.2) is 17.6 Å². The molecule has 3 heteroatoms. The fraction of sp³-hybridized carbons (Fsp3) is 0.786. The molecule has 0 aromatic carbocycles. The van der Waals surface area contributed by atoms with Crippen molar-refractivity contribution in [1.29, 1.82) is 0 Å². The van der Waals surface area contributed by atoms with Gasteiger partial charge in [-0.3, -0.25) is 0 Å². The lowest BCUT2D eigenvalue weighted by Crippen LogP contribution is -2.34. The number of aryl methyl sites for hydroxylation is 3. The SMILES string of the molecule is CCCNC(CCc1nc(C)c(C)s1)C(C)C. The molecule has 2 nitrogen and oxygen atoms in total. The number of hydrogen-bond donors (Lipinski definition) is 1. The van der Waals surface area contributed by atoms with E-state index in [0.717, 1.165) is 13.0 Å². The molecule has 1 aromatic rings. The van der Waals surface area contributed by atoms with Crippen LogP contribution >= 0.6 is 11.3 Å². The molecule has 0 aliphatic carbocycles. The molecule has 17 heavy (non-hydrogen) atoms. The molecule has 0 saturated heterocycles. The van der Waals surface area contributed by atoms with Gasteiger partial charge in [-0.2, -0.15) is 0 Å². The molecular weight excluding hydrogens is 228 g/mol. The van der Waals surface area contributed by atoms with Crippen LogP contribution < -0.4 is 5.32 Å². The van der Waals surface area contributed by atoms with Crippen LogP contribution in [0.25, 0.3) is 0 Å². The molecule has 1 rings (SSSR count). The third kappa shape index (κ3) is 4.76. The lowest BCUT2D eigenvalue weighted by atomic mass is 9.99. The Hall–Kier alpha value is -0.410. The summed E-state index contributed by atoms with van der Waals surface area (Å²) in [7, 11) is 0. The molecule has 0 fully saturated rings. The van der Waals surface area contributed by atoms with Gasteiger partial charge in [0.15, 0.2) is 0 Å². The van der Waals surface area contributed by atoms with Gasteiger partial charge in [0.25, 0.3) is 0 Å². The third-order valence-corrected chi connectivity index (χ3v) is 4.34. The molecule has 0 aliphatic rings. The number of hydrogen-bond acceptors (Lipinski definition) is 3. The van der Waals surface area contributed by atoms with Crippen LogP contribution in [0, 0.1) is 19.8 Å². The Morgan fingerprint density at radius 1 is 1.29 bits per heavy atom. The molecule has 1 unspecified atom stereocenters. The van der Waals surface area contributed by atoms with E-state index in [-0.39, 0.29) is 0 Å². The molecule has 1 heterocycles. The lowest BCUT2D eigenvalue weighted by Gasteiger charge is -2.21. The van der Waals surface area contributed by atoms with E-state index in [1.54, 1.807) is 0 Å². The molecule has 0 amide bonds. The molecule has 98 valence electrons. The summed E-state index contributed by atoms with van der Waals surface area (Å²) in [5, 5.41) is 4.93. The van der Waals surface area contributed by atoms with Gasteiger partial charge in [-0.1, -0.05) is 20.8 Å². The normalized spacial score (nSPS) is 13.3. The monoisotopic (exact) mass is 254 g/mol. The number of nitrogens with one attached hydrogen (secondary N) is 1. The Kier molecular flexibility index (Phi) is 6.14. The van der Waals surface area contributed by atoms with Gasteiger partial charge in [-0.25, -0.2) is 4.98 Å². The van der Waals surface area contributed by atoms with Gasteiger partial charge in [0.1, 0.15) is 0 Å². The van der Waals surface area contributed by atoms with Crippen LogP contribution in [0.1, 0.15) is 49.2 Å². The maximum Gasteiger partial charge on any atom is 0.0931 e. The van der Waals surface area contributed by atoms with Crippen molar-refractivity contribution in [3.05, 3.63) is 15.6 Å². The Morgan fingerprint density at radius 2 is 2.00 bits per heavy atom. The zero-order valence-corrected chi connectivity index (χ0v) is 12.7. The topological polar surface area (TPSA) is 24.9 Å². The van der Waals surface area contributed by atoms with Crippen LogP contribution in [0.4, 0.5) is 0 Å². The van der Waals surface area contributed by atoms with Crippen molar-refractivity contribution in [3.8, 4) is 0 Å². The van der Waals surface area contributed by atoms with E-state index in [1.165, 1.54) is 28.4 Å². The van der Waals surface area contributed by atoms with Crippen molar-refractivity contribution in [2.45, 2.75) is 59.9 Å². The molecular formula is C14H26N2S. The first kappa shape index (κ1) is 14.7. The highest BCUT2D eigenvalue weighted by atomic mass is 32.1. The van der Waals surface area contributed by atoms with Crippen LogP contribution in [0.3, 0.4) is 0 Å². The Morgan fingerprint density at radius 3 is 2.47 bits per heavy atom. The second-order valence-electron chi connectivity index (χ2n) is 5.09. The summed E-state index contributed by atoms with van der Waals surface area (Å²) < 4.78 is 0. The average molecular weight is 254 g/mol. The second-order valence-corrected chi connectivity index (χ2v) is 6.38. The van der Waals surface area contributed by atoms with E-state index in [4.69, 9.17) is 0 Å². The van der Waals surface area contributed by atoms with E-state index in [1.807, 2.05) is 11.3 Å². The van der Waals surface area contributed by atoms with Gasteiger partial charge in [0.2, 0.25) is 0 Å². The Balaban J connectivity index is 2.45. The number of aromatic nitrogens is 1. The highest BCUT2D eigenvalue weighted by Crippen LogP contribution is 2.19.